The van der Waals surface area contributed by atoms with Crippen LogP contribution in [0.25, 0.3) is 0 Å². The summed E-state index contributed by atoms with van der Waals surface area (Å²) in [5, 5.41) is 0. The summed E-state index contributed by atoms with van der Waals surface area (Å²) in [6.07, 6.45) is 6.29. The maximum Gasteiger partial charge on any atom is 0.309 e. The van der Waals surface area contributed by atoms with Crippen LogP contribution in [-0.4, -0.2) is 25.2 Å². The van der Waals surface area contributed by atoms with Crippen molar-refractivity contribution in [2.75, 3.05) is 7.11 Å². The number of carbonyl (C=O) groups excluding carboxylic acids is 2. The van der Waals surface area contributed by atoms with Crippen LogP contribution in [0.4, 0.5) is 0 Å². The van der Waals surface area contributed by atoms with Gasteiger partial charge in [0.25, 0.3) is 0 Å². The van der Waals surface area contributed by atoms with Gasteiger partial charge < -0.3 is 9.47 Å². The molecular formula is C13H24O4. The number of esters is 2. The van der Waals surface area contributed by atoms with Gasteiger partial charge in [-0.3, -0.25) is 9.59 Å². The number of rotatable bonds is 9. The monoisotopic (exact) mass is 244 g/mol. The minimum atomic E-state index is -0.340. The zero-order chi connectivity index (χ0) is 13.1. The van der Waals surface area contributed by atoms with Crippen molar-refractivity contribution >= 4 is 11.9 Å². The summed E-state index contributed by atoms with van der Waals surface area (Å²) in [7, 11) is 1.34. The molecule has 0 bridgehead atoms. The van der Waals surface area contributed by atoms with Gasteiger partial charge in [0.2, 0.25) is 0 Å². The van der Waals surface area contributed by atoms with E-state index < -0.39 is 0 Å². The van der Waals surface area contributed by atoms with Crippen LogP contribution >= 0.6 is 0 Å². The first-order valence-corrected chi connectivity index (χ1v) is 6.34. The third-order valence-corrected chi connectivity index (χ3v) is 2.58. The Hall–Kier alpha value is -1.06. The van der Waals surface area contributed by atoms with E-state index in [4.69, 9.17) is 4.74 Å². The molecule has 17 heavy (non-hydrogen) atoms. The number of carbonyl (C=O) groups is 2. The molecule has 0 radical (unpaired) electrons. The Balaban J connectivity index is 3.84. The van der Waals surface area contributed by atoms with Crippen LogP contribution in [0.15, 0.2) is 0 Å². The predicted molar refractivity (Wildman–Crippen MR) is 65.6 cm³/mol. The minimum absolute atomic E-state index is 0.157. The van der Waals surface area contributed by atoms with Crippen LogP contribution in [0, 0.1) is 0 Å². The van der Waals surface area contributed by atoms with Crippen LogP contribution in [0.2, 0.25) is 0 Å². The van der Waals surface area contributed by atoms with Crippen molar-refractivity contribution in [1.29, 1.82) is 0 Å². The standard InChI is InChI=1S/C13H24O4/c1-4-5-6-7-8-9-12(17-11(2)14)10-13(15)16-3/h12H,4-10H2,1-3H3/t12-/m1/s1. The van der Waals surface area contributed by atoms with E-state index in [1.165, 1.54) is 33.3 Å². The van der Waals surface area contributed by atoms with Gasteiger partial charge in [0, 0.05) is 6.92 Å². The third kappa shape index (κ3) is 9.85. The van der Waals surface area contributed by atoms with Crippen molar-refractivity contribution in [2.45, 2.75) is 64.9 Å². The minimum Gasteiger partial charge on any atom is -0.469 e. The third-order valence-electron chi connectivity index (χ3n) is 2.58. The van der Waals surface area contributed by atoms with Gasteiger partial charge in [-0.25, -0.2) is 0 Å². The Morgan fingerprint density at radius 2 is 1.76 bits per heavy atom. The molecule has 0 aliphatic heterocycles. The molecule has 0 N–H and O–H groups in total. The fourth-order valence-corrected chi connectivity index (χ4v) is 1.68. The van der Waals surface area contributed by atoms with Gasteiger partial charge in [-0.1, -0.05) is 32.6 Å². The van der Waals surface area contributed by atoms with Crippen LogP contribution in [-0.2, 0) is 19.1 Å². The molecule has 0 aliphatic rings. The van der Waals surface area contributed by atoms with E-state index in [1.807, 2.05) is 0 Å². The van der Waals surface area contributed by atoms with E-state index in [2.05, 4.69) is 11.7 Å². The molecule has 4 heteroatoms. The van der Waals surface area contributed by atoms with Crippen molar-refractivity contribution in [3.05, 3.63) is 0 Å². The van der Waals surface area contributed by atoms with Gasteiger partial charge in [0.05, 0.1) is 13.5 Å². The smallest absolute Gasteiger partial charge is 0.309 e. The number of unbranched alkanes of at least 4 members (excludes halogenated alkanes) is 4. The van der Waals surface area contributed by atoms with Crippen LogP contribution < -0.4 is 0 Å². The molecule has 0 fully saturated rings. The zero-order valence-electron chi connectivity index (χ0n) is 11.2. The van der Waals surface area contributed by atoms with E-state index in [0.29, 0.717) is 0 Å². The quantitative estimate of drug-likeness (QED) is 0.462. The molecule has 4 nitrogen and oxygen atoms in total. The highest BCUT2D eigenvalue weighted by molar-refractivity contribution is 5.71. The molecule has 0 heterocycles. The molecule has 0 amide bonds. The van der Waals surface area contributed by atoms with Crippen molar-refractivity contribution in [3.63, 3.8) is 0 Å². The van der Waals surface area contributed by atoms with Gasteiger partial charge in [-0.05, 0) is 12.8 Å². The second-order valence-electron chi connectivity index (χ2n) is 4.21. The number of ether oxygens (including phenoxy) is 2. The molecule has 0 saturated carbocycles. The molecule has 0 unspecified atom stereocenters. The van der Waals surface area contributed by atoms with Crippen LogP contribution in [0.1, 0.15) is 58.8 Å². The van der Waals surface area contributed by atoms with Crippen molar-refractivity contribution in [2.24, 2.45) is 0 Å². The fraction of sp³-hybridized carbons (Fsp3) is 0.846. The SMILES string of the molecule is CCCCCCC[C@H](CC(=O)OC)OC(C)=O. The highest BCUT2D eigenvalue weighted by Crippen LogP contribution is 2.13. The van der Waals surface area contributed by atoms with E-state index >= 15 is 0 Å². The maximum absolute atomic E-state index is 11.1. The Morgan fingerprint density at radius 3 is 2.29 bits per heavy atom. The van der Waals surface area contributed by atoms with Crippen LogP contribution in [0.5, 0.6) is 0 Å². The second-order valence-corrected chi connectivity index (χ2v) is 4.21. The van der Waals surface area contributed by atoms with E-state index in [0.717, 1.165) is 19.3 Å². The second kappa shape index (κ2) is 10.1. The lowest BCUT2D eigenvalue weighted by Crippen LogP contribution is -2.21. The highest BCUT2D eigenvalue weighted by atomic mass is 16.6. The first-order chi connectivity index (χ1) is 8.10. The molecule has 0 aliphatic carbocycles. The summed E-state index contributed by atoms with van der Waals surface area (Å²) < 4.78 is 9.67. The Kier molecular flexibility index (Phi) is 9.49. The molecule has 0 aromatic rings. The number of hydrogen-bond acceptors (Lipinski definition) is 4. The molecule has 1 atom stereocenters. The van der Waals surface area contributed by atoms with Crippen molar-refractivity contribution < 1.29 is 19.1 Å². The Bertz CT molecular complexity index is 225. The van der Waals surface area contributed by atoms with Crippen LogP contribution in [0.3, 0.4) is 0 Å². The van der Waals surface area contributed by atoms with Crippen molar-refractivity contribution in [3.8, 4) is 0 Å². The molecule has 0 saturated heterocycles. The average Bonchev–Trinajstić information content (AvgIpc) is 2.27. The summed E-state index contributed by atoms with van der Waals surface area (Å²) in [4.78, 5) is 22.0. The van der Waals surface area contributed by atoms with E-state index in [1.54, 1.807) is 0 Å². The molecule has 0 aromatic heterocycles. The van der Waals surface area contributed by atoms with Gasteiger partial charge in [-0.15, -0.1) is 0 Å². The van der Waals surface area contributed by atoms with E-state index in [9.17, 15) is 9.59 Å². The summed E-state index contributed by atoms with van der Waals surface area (Å²) >= 11 is 0. The number of hydrogen-bond donors (Lipinski definition) is 0. The zero-order valence-corrected chi connectivity index (χ0v) is 11.2. The molecule has 0 spiro atoms. The predicted octanol–water partition coefficient (Wildman–Crippen LogP) is 2.84. The molecular weight excluding hydrogens is 220 g/mol. The first-order valence-electron chi connectivity index (χ1n) is 6.34. The molecule has 100 valence electrons. The molecule has 0 rings (SSSR count). The number of methoxy groups -OCH3 is 1. The lowest BCUT2D eigenvalue weighted by Gasteiger charge is -2.15. The van der Waals surface area contributed by atoms with E-state index in [-0.39, 0.29) is 24.5 Å². The summed E-state index contributed by atoms with van der Waals surface area (Å²) in [6, 6.07) is 0. The average molecular weight is 244 g/mol. The van der Waals surface area contributed by atoms with Crippen molar-refractivity contribution in [1.82, 2.24) is 0 Å². The Labute approximate surface area is 104 Å². The lowest BCUT2D eigenvalue weighted by molar-refractivity contribution is -0.152. The Morgan fingerprint density at radius 1 is 1.12 bits per heavy atom. The van der Waals surface area contributed by atoms with Gasteiger partial charge in [0.1, 0.15) is 6.10 Å². The topological polar surface area (TPSA) is 52.6 Å². The summed E-state index contributed by atoms with van der Waals surface area (Å²) in [5.41, 5.74) is 0. The van der Waals surface area contributed by atoms with Gasteiger partial charge in [-0.2, -0.15) is 0 Å². The first kappa shape index (κ1) is 15.9. The summed E-state index contributed by atoms with van der Waals surface area (Å²) in [5.74, 6) is -0.669. The van der Waals surface area contributed by atoms with Gasteiger partial charge >= 0.3 is 11.9 Å². The normalized spacial score (nSPS) is 11.9. The fourth-order valence-electron chi connectivity index (χ4n) is 1.68. The lowest BCUT2D eigenvalue weighted by atomic mass is 10.1. The largest absolute Gasteiger partial charge is 0.469 e. The van der Waals surface area contributed by atoms with Gasteiger partial charge in [0.15, 0.2) is 0 Å². The highest BCUT2D eigenvalue weighted by Gasteiger charge is 2.16. The summed E-state index contributed by atoms with van der Waals surface area (Å²) in [6.45, 7) is 3.53. The maximum atomic E-state index is 11.1. The molecule has 0 aromatic carbocycles.